The van der Waals surface area contributed by atoms with Gasteiger partial charge in [-0.25, -0.2) is 0 Å². The van der Waals surface area contributed by atoms with Crippen LogP contribution in [-0.4, -0.2) is 12.1 Å². The van der Waals surface area contributed by atoms with Crippen molar-refractivity contribution >= 4 is 22.9 Å². The Hall–Kier alpha value is -2.07. The van der Waals surface area contributed by atoms with Crippen LogP contribution >= 0.6 is 12.2 Å². The molecular weight excluding hydrogens is 256 g/mol. The molecule has 0 aliphatic carbocycles. The Morgan fingerprint density at radius 3 is 2.58 bits per heavy atom. The number of nitrogens with one attached hydrogen (secondary N) is 1. The number of hydrogen-bond acceptors (Lipinski definition) is 3. The van der Waals surface area contributed by atoms with E-state index in [1.54, 1.807) is 7.11 Å². The second-order valence-electron chi connectivity index (χ2n) is 4.11. The van der Waals surface area contributed by atoms with Crippen molar-refractivity contribution in [2.75, 3.05) is 12.4 Å². The summed E-state index contributed by atoms with van der Waals surface area (Å²) in [5, 5.41) is 3.34. The highest BCUT2D eigenvalue weighted by Crippen LogP contribution is 2.23. The third kappa shape index (κ3) is 3.45. The van der Waals surface area contributed by atoms with Crippen molar-refractivity contribution in [3.8, 4) is 5.75 Å². The van der Waals surface area contributed by atoms with Crippen LogP contribution in [-0.2, 0) is 6.54 Å². The van der Waals surface area contributed by atoms with Gasteiger partial charge in [-0.1, -0.05) is 42.5 Å². The highest BCUT2D eigenvalue weighted by molar-refractivity contribution is 7.80. The molecule has 0 amide bonds. The highest BCUT2D eigenvalue weighted by Gasteiger charge is 2.06. The molecule has 3 nitrogen and oxygen atoms in total. The first kappa shape index (κ1) is 13.4. The summed E-state index contributed by atoms with van der Waals surface area (Å²) < 4.78 is 5.22. The normalized spacial score (nSPS) is 9.95. The van der Waals surface area contributed by atoms with Crippen molar-refractivity contribution in [3.63, 3.8) is 0 Å². The van der Waals surface area contributed by atoms with Crippen molar-refractivity contribution in [2.24, 2.45) is 5.73 Å². The van der Waals surface area contributed by atoms with E-state index >= 15 is 0 Å². The lowest BCUT2D eigenvalue weighted by Crippen LogP contribution is -2.13. The number of rotatable bonds is 5. The van der Waals surface area contributed by atoms with Crippen LogP contribution < -0.4 is 15.8 Å². The quantitative estimate of drug-likeness (QED) is 0.822. The molecule has 2 aromatic rings. The summed E-state index contributed by atoms with van der Waals surface area (Å²) in [4.78, 5) is 0.373. The van der Waals surface area contributed by atoms with E-state index < -0.39 is 0 Å². The fraction of sp³-hybridized carbons (Fsp3) is 0.133. The number of nitrogens with two attached hydrogens (primary N) is 1. The molecule has 2 rings (SSSR count). The average molecular weight is 272 g/mol. The molecule has 19 heavy (non-hydrogen) atoms. The molecule has 0 spiro atoms. The average Bonchev–Trinajstić information content (AvgIpc) is 2.45. The Kier molecular flexibility index (Phi) is 4.36. The zero-order valence-electron chi connectivity index (χ0n) is 10.7. The van der Waals surface area contributed by atoms with Crippen molar-refractivity contribution in [2.45, 2.75) is 6.54 Å². The van der Waals surface area contributed by atoms with Crippen molar-refractivity contribution < 1.29 is 4.74 Å². The molecule has 0 atom stereocenters. The van der Waals surface area contributed by atoms with E-state index in [-0.39, 0.29) is 0 Å². The summed E-state index contributed by atoms with van der Waals surface area (Å²) >= 11 is 5.06. The lowest BCUT2D eigenvalue weighted by molar-refractivity contribution is 0.415. The van der Waals surface area contributed by atoms with E-state index in [2.05, 4.69) is 17.4 Å². The minimum absolute atomic E-state index is 0.373. The first-order valence-electron chi connectivity index (χ1n) is 5.96. The van der Waals surface area contributed by atoms with E-state index in [1.807, 2.05) is 36.4 Å². The highest BCUT2D eigenvalue weighted by atomic mass is 32.1. The summed E-state index contributed by atoms with van der Waals surface area (Å²) in [6.07, 6.45) is 0. The van der Waals surface area contributed by atoms with E-state index in [9.17, 15) is 0 Å². The van der Waals surface area contributed by atoms with Gasteiger partial charge in [-0.3, -0.25) is 0 Å². The summed E-state index contributed by atoms with van der Waals surface area (Å²) in [5.41, 5.74) is 8.63. The fourth-order valence-corrected chi connectivity index (χ4v) is 1.98. The van der Waals surface area contributed by atoms with E-state index in [1.165, 1.54) is 5.56 Å². The van der Waals surface area contributed by atoms with Crippen LogP contribution in [0.5, 0.6) is 5.75 Å². The van der Waals surface area contributed by atoms with Crippen molar-refractivity contribution in [3.05, 3.63) is 59.7 Å². The molecule has 0 heterocycles. The molecule has 0 saturated heterocycles. The monoisotopic (exact) mass is 272 g/mol. The Balaban J connectivity index is 2.20. The number of anilines is 1. The predicted octanol–water partition coefficient (Wildman–Crippen LogP) is 2.94. The standard InChI is InChI=1S/C15H16N2OS/c1-18-12-7-8-13(15(16)19)14(9-12)17-10-11-5-3-2-4-6-11/h2-9,17H,10H2,1H3,(H2,16,19). The van der Waals surface area contributed by atoms with Crippen LogP contribution in [0.15, 0.2) is 48.5 Å². The Labute approximate surface area is 118 Å². The van der Waals surface area contributed by atoms with Crippen molar-refractivity contribution in [1.82, 2.24) is 0 Å². The molecule has 0 unspecified atom stereocenters. The minimum Gasteiger partial charge on any atom is -0.497 e. The number of hydrogen-bond donors (Lipinski definition) is 2. The maximum Gasteiger partial charge on any atom is 0.120 e. The van der Waals surface area contributed by atoms with Gasteiger partial charge in [-0.2, -0.15) is 0 Å². The first-order valence-corrected chi connectivity index (χ1v) is 6.37. The second-order valence-corrected chi connectivity index (χ2v) is 4.55. The number of thiocarbonyl (C=S) groups is 1. The smallest absolute Gasteiger partial charge is 0.120 e. The first-order chi connectivity index (χ1) is 9.20. The van der Waals surface area contributed by atoms with E-state index in [0.29, 0.717) is 11.5 Å². The summed E-state index contributed by atoms with van der Waals surface area (Å²) in [7, 11) is 1.64. The maximum absolute atomic E-state index is 5.73. The molecule has 2 aromatic carbocycles. The molecule has 0 saturated carbocycles. The summed E-state index contributed by atoms with van der Waals surface area (Å²) in [6.45, 7) is 0.712. The Morgan fingerprint density at radius 2 is 1.95 bits per heavy atom. The third-order valence-corrected chi connectivity index (χ3v) is 3.04. The molecule has 98 valence electrons. The minimum atomic E-state index is 0.373. The van der Waals surface area contributed by atoms with Crippen LogP contribution in [0.4, 0.5) is 5.69 Å². The molecule has 0 bridgehead atoms. The van der Waals surface area contributed by atoms with Gasteiger partial charge in [0.15, 0.2) is 0 Å². The number of methoxy groups -OCH3 is 1. The van der Waals surface area contributed by atoms with E-state index in [4.69, 9.17) is 22.7 Å². The van der Waals surface area contributed by atoms with Gasteiger partial charge in [-0.15, -0.1) is 0 Å². The maximum atomic E-state index is 5.73. The molecule has 0 aliphatic rings. The van der Waals surface area contributed by atoms with Crippen LogP contribution in [0.1, 0.15) is 11.1 Å². The van der Waals surface area contributed by atoms with Gasteiger partial charge in [-0.05, 0) is 17.7 Å². The van der Waals surface area contributed by atoms with Crippen LogP contribution in [0.25, 0.3) is 0 Å². The Morgan fingerprint density at radius 1 is 1.21 bits per heavy atom. The summed E-state index contributed by atoms with van der Waals surface area (Å²) in [5.74, 6) is 0.774. The van der Waals surface area contributed by atoms with Gasteiger partial charge in [0.05, 0.1) is 7.11 Å². The van der Waals surface area contributed by atoms with Gasteiger partial charge in [0.25, 0.3) is 0 Å². The summed E-state index contributed by atoms with van der Waals surface area (Å²) in [6, 6.07) is 15.8. The predicted molar refractivity (Wildman–Crippen MR) is 82.7 cm³/mol. The van der Waals surface area contributed by atoms with Crippen molar-refractivity contribution in [1.29, 1.82) is 0 Å². The zero-order chi connectivity index (χ0) is 13.7. The Bertz CT molecular complexity index is 570. The molecular formula is C15H16N2OS. The zero-order valence-corrected chi connectivity index (χ0v) is 11.5. The van der Waals surface area contributed by atoms with Gasteiger partial charge < -0.3 is 15.8 Å². The molecule has 0 aromatic heterocycles. The van der Waals surface area contributed by atoms with Gasteiger partial charge in [0, 0.05) is 23.9 Å². The third-order valence-electron chi connectivity index (χ3n) is 2.82. The van der Waals surface area contributed by atoms with Crippen LogP contribution in [0, 0.1) is 0 Å². The molecule has 3 N–H and O–H groups in total. The van der Waals surface area contributed by atoms with E-state index in [0.717, 1.165) is 17.0 Å². The lowest BCUT2D eigenvalue weighted by Gasteiger charge is -2.13. The van der Waals surface area contributed by atoms with Gasteiger partial charge >= 0.3 is 0 Å². The van der Waals surface area contributed by atoms with Gasteiger partial charge in [0.2, 0.25) is 0 Å². The molecule has 0 aliphatic heterocycles. The molecule has 0 radical (unpaired) electrons. The number of ether oxygens (including phenoxy) is 1. The largest absolute Gasteiger partial charge is 0.497 e. The molecule has 4 heteroatoms. The van der Waals surface area contributed by atoms with Gasteiger partial charge in [0.1, 0.15) is 10.7 Å². The number of benzene rings is 2. The SMILES string of the molecule is COc1ccc(C(N)=S)c(NCc2ccccc2)c1. The second kappa shape index (κ2) is 6.20. The topological polar surface area (TPSA) is 47.3 Å². The van der Waals surface area contributed by atoms with Crippen LogP contribution in [0.3, 0.4) is 0 Å². The lowest BCUT2D eigenvalue weighted by atomic mass is 10.1. The molecule has 0 fully saturated rings. The fourth-order valence-electron chi connectivity index (χ4n) is 1.80. The van der Waals surface area contributed by atoms with Crippen LogP contribution in [0.2, 0.25) is 0 Å².